The van der Waals surface area contributed by atoms with Gasteiger partial charge in [-0.1, -0.05) is 0 Å². The highest BCUT2D eigenvalue weighted by Crippen LogP contribution is 2.60. The molecule has 136 valence electrons. The third-order valence-electron chi connectivity index (χ3n) is 5.93. The van der Waals surface area contributed by atoms with E-state index in [1.165, 1.54) is 0 Å². The van der Waals surface area contributed by atoms with Gasteiger partial charge in [0.15, 0.2) is 17.6 Å². The number of carbonyl (C=O) groups excluding carboxylic acids is 1. The van der Waals surface area contributed by atoms with Crippen LogP contribution in [-0.4, -0.2) is 60.6 Å². The molecule has 1 saturated carbocycles. The lowest BCUT2D eigenvalue weighted by Gasteiger charge is -2.61. The van der Waals surface area contributed by atoms with Crippen molar-refractivity contribution in [1.29, 1.82) is 0 Å². The Labute approximate surface area is 142 Å². The number of rotatable bonds is 4. The molecule has 2 atom stereocenters. The fraction of sp³-hybridized carbons (Fsp3) is 0.941. The van der Waals surface area contributed by atoms with Crippen molar-refractivity contribution < 1.29 is 28.6 Å². The Morgan fingerprint density at radius 1 is 1.12 bits per heavy atom. The molecule has 3 heterocycles. The molecule has 0 unspecified atom stereocenters. The smallest absolute Gasteiger partial charge is 0.329 e. The molecule has 7 heteroatoms. The summed E-state index contributed by atoms with van der Waals surface area (Å²) in [5.41, 5.74) is -0.809. The fourth-order valence-corrected chi connectivity index (χ4v) is 4.89. The second-order valence-electron chi connectivity index (χ2n) is 7.25. The molecular formula is C17H27NO6. The van der Waals surface area contributed by atoms with E-state index >= 15 is 0 Å². The summed E-state index contributed by atoms with van der Waals surface area (Å²) in [4.78, 5) is 18.7. The van der Waals surface area contributed by atoms with E-state index in [1.807, 2.05) is 18.9 Å². The Bertz CT molecular complexity index is 495. The standard InChI is InChI=1S/C17H27NO6/c1-3-20-13-11-16(14(19)21-4-2)12-15(18(16)24-13)5-7-17(8-6-15)22-9-10-23-17/h13H,3-12H2,1-2H3/t13-,16-/m1/s1. The van der Waals surface area contributed by atoms with E-state index in [-0.39, 0.29) is 17.8 Å². The van der Waals surface area contributed by atoms with E-state index in [9.17, 15) is 4.79 Å². The van der Waals surface area contributed by atoms with Gasteiger partial charge in [-0.25, -0.2) is 4.79 Å². The van der Waals surface area contributed by atoms with Crippen molar-refractivity contribution in [2.45, 2.75) is 75.5 Å². The van der Waals surface area contributed by atoms with E-state index in [2.05, 4.69) is 0 Å². The monoisotopic (exact) mass is 341 g/mol. The van der Waals surface area contributed by atoms with Crippen molar-refractivity contribution in [1.82, 2.24) is 5.06 Å². The molecule has 0 radical (unpaired) electrons. The molecular weight excluding hydrogens is 314 g/mol. The molecule has 3 saturated heterocycles. The zero-order valence-electron chi connectivity index (χ0n) is 14.5. The molecule has 4 fully saturated rings. The minimum atomic E-state index is -0.683. The van der Waals surface area contributed by atoms with Gasteiger partial charge in [-0.05, 0) is 33.1 Å². The van der Waals surface area contributed by atoms with Crippen LogP contribution in [0.5, 0.6) is 0 Å². The predicted octanol–water partition coefficient (Wildman–Crippen LogP) is 1.75. The summed E-state index contributed by atoms with van der Waals surface area (Å²) in [5, 5.41) is 1.90. The summed E-state index contributed by atoms with van der Waals surface area (Å²) in [5.74, 6) is -0.599. The maximum Gasteiger partial charge on any atom is 0.329 e. The van der Waals surface area contributed by atoms with Crippen LogP contribution in [0.25, 0.3) is 0 Å². The first kappa shape index (κ1) is 16.7. The maximum absolute atomic E-state index is 12.6. The van der Waals surface area contributed by atoms with Crippen LogP contribution in [0.3, 0.4) is 0 Å². The molecule has 7 nitrogen and oxygen atoms in total. The number of hydrogen-bond acceptors (Lipinski definition) is 7. The van der Waals surface area contributed by atoms with Gasteiger partial charge in [0.25, 0.3) is 0 Å². The zero-order chi connectivity index (χ0) is 16.8. The van der Waals surface area contributed by atoms with Gasteiger partial charge in [-0.3, -0.25) is 4.84 Å². The number of carbonyl (C=O) groups is 1. The number of fused-ring (bicyclic) bond motifs is 2. The van der Waals surface area contributed by atoms with E-state index < -0.39 is 11.3 Å². The Hall–Kier alpha value is -0.730. The summed E-state index contributed by atoms with van der Waals surface area (Å²) in [6, 6.07) is 0. The minimum absolute atomic E-state index is 0.126. The first-order chi connectivity index (χ1) is 11.6. The molecule has 0 bridgehead atoms. The average molecular weight is 341 g/mol. The van der Waals surface area contributed by atoms with Crippen molar-refractivity contribution in [2.24, 2.45) is 0 Å². The third-order valence-corrected chi connectivity index (χ3v) is 5.93. The highest BCUT2D eigenvalue weighted by atomic mass is 16.8. The molecule has 0 amide bonds. The van der Waals surface area contributed by atoms with Crippen LogP contribution in [-0.2, 0) is 28.6 Å². The summed E-state index contributed by atoms with van der Waals surface area (Å²) < 4.78 is 22.6. The summed E-state index contributed by atoms with van der Waals surface area (Å²) in [7, 11) is 0. The third kappa shape index (κ3) is 2.33. The normalized spacial score (nSPS) is 36.7. The van der Waals surface area contributed by atoms with E-state index in [1.54, 1.807) is 0 Å². The second-order valence-corrected chi connectivity index (χ2v) is 7.25. The van der Waals surface area contributed by atoms with Crippen LogP contribution in [0, 0.1) is 0 Å². The van der Waals surface area contributed by atoms with Crippen molar-refractivity contribution >= 4 is 5.97 Å². The predicted molar refractivity (Wildman–Crippen MR) is 82.8 cm³/mol. The Morgan fingerprint density at radius 2 is 1.83 bits per heavy atom. The number of nitrogens with zero attached hydrogens (tertiary/aromatic N) is 1. The molecule has 2 spiro atoms. The van der Waals surface area contributed by atoms with Gasteiger partial charge in [-0.15, -0.1) is 0 Å². The number of esters is 1. The van der Waals surface area contributed by atoms with Gasteiger partial charge in [0.05, 0.1) is 25.4 Å². The molecule has 3 aliphatic heterocycles. The lowest BCUT2D eigenvalue weighted by atomic mass is 9.62. The van der Waals surface area contributed by atoms with Gasteiger partial charge in [0, 0.05) is 25.9 Å². The van der Waals surface area contributed by atoms with E-state index in [0.717, 1.165) is 32.1 Å². The van der Waals surface area contributed by atoms with Crippen LogP contribution in [0.15, 0.2) is 0 Å². The Balaban J connectivity index is 1.50. The maximum atomic E-state index is 12.6. The highest BCUT2D eigenvalue weighted by Gasteiger charge is 2.72. The van der Waals surface area contributed by atoms with Gasteiger partial charge in [0.2, 0.25) is 0 Å². The number of hydrogen-bond donors (Lipinski definition) is 0. The molecule has 4 rings (SSSR count). The molecule has 0 aromatic rings. The minimum Gasteiger partial charge on any atom is -0.465 e. The van der Waals surface area contributed by atoms with Crippen LogP contribution in [0.1, 0.15) is 52.4 Å². The molecule has 0 aromatic heterocycles. The molecule has 0 aromatic carbocycles. The van der Waals surface area contributed by atoms with Crippen molar-refractivity contribution in [3.63, 3.8) is 0 Å². The van der Waals surface area contributed by atoms with Crippen LogP contribution in [0.2, 0.25) is 0 Å². The van der Waals surface area contributed by atoms with Crippen molar-refractivity contribution in [3.8, 4) is 0 Å². The Morgan fingerprint density at radius 3 is 2.46 bits per heavy atom. The van der Waals surface area contributed by atoms with Gasteiger partial charge >= 0.3 is 5.97 Å². The highest BCUT2D eigenvalue weighted by molar-refractivity contribution is 5.83. The van der Waals surface area contributed by atoms with Crippen LogP contribution < -0.4 is 0 Å². The zero-order valence-corrected chi connectivity index (χ0v) is 14.5. The quantitative estimate of drug-likeness (QED) is 0.722. The summed E-state index contributed by atoms with van der Waals surface area (Å²) >= 11 is 0. The van der Waals surface area contributed by atoms with Crippen molar-refractivity contribution in [3.05, 3.63) is 0 Å². The van der Waals surface area contributed by atoms with E-state index in [0.29, 0.717) is 32.8 Å². The largest absolute Gasteiger partial charge is 0.465 e. The van der Waals surface area contributed by atoms with Gasteiger partial charge in [-0.2, -0.15) is 5.06 Å². The lowest BCUT2D eigenvalue weighted by molar-refractivity contribution is -0.351. The number of ether oxygens (including phenoxy) is 4. The molecule has 4 aliphatic rings. The first-order valence-electron chi connectivity index (χ1n) is 9.12. The summed E-state index contributed by atoms with van der Waals surface area (Å²) in [6.45, 7) is 6.06. The number of hydroxylamine groups is 2. The SMILES string of the molecule is CCOC(=O)[C@]12C[C@H](OCC)ON1C1(CCC3(CC1)OCCO3)C2. The lowest BCUT2D eigenvalue weighted by Crippen LogP contribution is -2.75. The summed E-state index contributed by atoms with van der Waals surface area (Å²) in [6.07, 6.45) is 4.41. The van der Waals surface area contributed by atoms with Crippen LogP contribution >= 0.6 is 0 Å². The van der Waals surface area contributed by atoms with Crippen molar-refractivity contribution in [2.75, 3.05) is 26.4 Å². The second kappa shape index (κ2) is 5.92. The molecule has 24 heavy (non-hydrogen) atoms. The van der Waals surface area contributed by atoms with E-state index in [4.69, 9.17) is 23.8 Å². The van der Waals surface area contributed by atoms with Gasteiger partial charge in [0.1, 0.15) is 0 Å². The van der Waals surface area contributed by atoms with Gasteiger partial charge < -0.3 is 18.9 Å². The Kier molecular flexibility index (Phi) is 4.12. The average Bonchev–Trinajstić information content (AvgIpc) is 3.14. The fourth-order valence-electron chi connectivity index (χ4n) is 4.89. The first-order valence-corrected chi connectivity index (χ1v) is 9.12. The molecule has 1 aliphatic carbocycles. The molecule has 0 N–H and O–H groups in total. The van der Waals surface area contributed by atoms with Crippen LogP contribution in [0.4, 0.5) is 0 Å². The topological polar surface area (TPSA) is 66.5 Å².